The molecule has 1 amide bonds. The standard InChI is InChI=1S/C15H22N2O5S/c1-17(2)15(18)11-6-7-13(21-3)14(9-11)23(19,20)16-10-12-5-4-8-22-12/h6-7,9,12,16H,4-5,8,10H2,1-3H3/t12-/m0/s1. The van der Waals surface area contributed by atoms with Gasteiger partial charge >= 0.3 is 0 Å². The van der Waals surface area contributed by atoms with Gasteiger partial charge in [0.25, 0.3) is 5.91 Å². The van der Waals surface area contributed by atoms with Crippen LogP contribution in [-0.4, -0.2) is 59.7 Å². The Hall–Kier alpha value is -1.64. The zero-order chi connectivity index (χ0) is 17.0. The number of hydrogen-bond acceptors (Lipinski definition) is 5. The number of hydrogen-bond donors (Lipinski definition) is 1. The SMILES string of the molecule is COc1ccc(C(=O)N(C)C)cc1S(=O)(=O)NC[C@@H]1CCCO1. The van der Waals surface area contributed by atoms with E-state index in [2.05, 4.69) is 4.72 Å². The molecule has 1 heterocycles. The molecule has 0 aliphatic carbocycles. The van der Waals surface area contributed by atoms with Gasteiger partial charge < -0.3 is 14.4 Å². The molecule has 1 aromatic carbocycles. The summed E-state index contributed by atoms with van der Waals surface area (Å²) in [6.45, 7) is 0.861. The van der Waals surface area contributed by atoms with E-state index in [1.807, 2.05) is 0 Å². The number of nitrogens with zero attached hydrogens (tertiary/aromatic N) is 1. The monoisotopic (exact) mass is 342 g/mol. The van der Waals surface area contributed by atoms with Gasteiger partial charge in [-0.1, -0.05) is 0 Å². The lowest BCUT2D eigenvalue weighted by Crippen LogP contribution is -2.32. The Labute approximate surface area is 136 Å². The molecule has 1 saturated heterocycles. The van der Waals surface area contributed by atoms with Gasteiger partial charge in [-0.2, -0.15) is 0 Å². The van der Waals surface area contributed by atoms with E-state index in [-0.39, 0.29) is 34.8 Å². The van der Waals surface area contributed by atoms with Crippen molar-refractivity contribution in [1.29, 1.82) is 0 Å². The molecular formula is C15H22N2O5S. The van der Waals surface area contributed by atoms with E-state index in [0.29, 0.717) is 6.61 Å². The summed E-state index contributed by atoms with van der Waals surface area (Å²) in [7, 11) is 0.808. The van der Waals surface area contributed by atoms with Crippen molar-refractivity contribution in [2.75, 3.05) is 34.4 Å². The van der Waals surface area contributed by atoms with Crippen LogP contribution < -0.4 is 9.46 Å². The summed E-state index contributed by atoms with van der Waals surface area (Å²) >= 11 is 0. The maximum Gasteiger partial charge on any atom is 0.253 e. The van der Waals surface area contributed by atoms with E-state index in [4.69, 9.17) is 9.47 Å². The number of carbonyl (C=O) groups is 1. The Morgan fingerprint density at radius 2 is 2.17 bits per heavy atom. The number of amides is 1. The topological polar surface area (TPSA) is 84.9 Å². The number of nitrogens with one attached hydrogen (secondary N) is 1. The van der Waals surface area contributed by atoms with E-state index in [1.165, 1.54) is 24.1 Å². The minimum Gasteiger partial charge on any atom is -0.495 e. The number of methoxy groups -OCH3 is 1. The molecule has 8 heteroatoms. The van der Waals surface area contributed by atoms with Crippen molar-refractivity contribution in [2.24, 2.45) is 0 Å². The Morgan fingerprint density at radius 1 is 1.43 bits per heavy atom. The van der Waals surface area contributed by atoms with Crippen LogP contribution in [0, 0.1) is 0 Å². The molecule has 128 valence electrons. The Kier molecular flexibility index (Phi) is 5.61. The number of carbonyl (C=O) groups excluding carboxylic acids is 1. The van der Waals surface area contributed by atoms with Gasteiger partial charge in [-0.05, 0) is 31.0 Å². The molecule has 0 saturated carbocycles. The minimum absolute atomic E-state index is 0.0503. The molecule has 1 atom stereocenters. The first-order chi connectivity index (χ1) is 10.8. The summed E-state index contributed by atoms with van der Waals surface area (Å²) in [5.41, 5.74) is 0.285. The van der Waals surface area contributed by atoms with E-state index >= 15 is 0 Å². The summed E-state index contributed by atoms with van der Waals surface area (Å²) in [6, 6.07) is 4.36. The van der Waals surface area contributed by atoms with Crippen LogP contribution >= 0.6 is 0 Å². The second kappa shape index (κ2) is 7.29. The van der Waals surface area contributed by atoms with Crippen molar-refractivity contribution in [3.63, 3.8) is 0 Å². The van der Waals surface area contributed by atoms with Crippen LogP contribution in [0.5, 0.6) is 5.75 Å². The fraction of sp³-hybridized carbons (Fsp3) is 0.533. The first-order valence-electron chi connectivity index (χ1n) is 7.36. The molecular weight excluding hydrogens is 320 g/mol. The summed E-state index contributed by atoms with van der Waals surface area (Å²) in [5.74, 6) is -0.0802. The summed E-state index contributed by atoms with van der Waals surface area (Å²) in [5, 5.41) is 0. The molecule has 0 radical (unpaired) electrons. The van der Waals surface area contributed by atoms with Crippen LogP contribution in [0.4, 0.5) is 0 Å². The van der Waals surface area contributed by atoms with Crippen molar-refractivity contribution in [3.05, 3.63) is 23.8 Å². The lowest BCUT2D eigenvalue weighted by molar-refractivity contribution is 0.0827. The first-order valence-corrected chi connectivity index (χ1v) is 8.84. The zero-order valence-corrected chi connectivity index (χ0v) is 14.4. The second-order valence-corrected chi connectivity index (χ2v) is 7.29. The van der Waals surface area contributed by atoms with Crippen LogP contribution in [-0.2, 0) is 14.8 Å². The predicted octanol–water partition coefficient (Wildman–Crippen LogP) is 0.854. The molecule has 1 aliphatic heterocycles. The van der Waals surface area contributed by atoms with Gasteiger partial charge in [0.05, 0.1) is 13.2 Å². The quantitative estimate of drug-likeness (QED) is 0.829. The summed E-state index contributed by atoms with van der Waals surface area (Å²) < 4.78 is 38.2. The molecule has 23 heavy (non-hydrogen) atoms. The van der Waals surface area contributed by atoms with E-state index in [0.717, 1.165) is 12.8 Å². The third kappa shape index (κ3) is 4.21. The normalized spacial score (nSPS) is 18.0. The van der Waals surface area contributed by atoms with Crippen LogP contribution in [0.25, 0.3) is 0 Å². The molecule has 0 bridgehead atoms. The van der Waals surface area contributed by atoms with Gasteiger partial charge in [-0.15, -0.1) is 0 Å². The third-order valence-electron chi connectivity index (χ3n) is 3.63. The van der Waals surface area contributed by atoms with E-state index in [9.17, 15) is 13.2 Å². The average Bonchev–Trinajstić information content (AvgIpc) is 3.05. The molecule has 0 unspecified atom stereocenters. The zero-order valence-electron chi connectivity index (χ0n) is 13.5. The van der Waals surface area contributed by atoms with Crippen molar-refractivity contribution >= 4 is 15.9 Å². The smallest absolute Gasteiger partial charge is 0.253 e. The van der Waals surface area contributed by atoms with Crippen LogP contribution in [0.15, 0.2) is 23.1 Å². The summed E-state index contributed by atoms with van der Waals surface area (Å²) in [6.07, 6.45) is 1.66. The Balaban J connectivity index is 2.27. The van der Waals surface area contributed by atoms with Crippen LogP contribution in [0.1, 0.15) is 23.2 Å². The second-order valence-electron chi connectivity index (χ2n) is 5.55. The molecule has 1 aliphatic rings. The lowest BCUT2D eigenvalue weighted by atomic mass is 10.2. The van der Waals surface area contributed by atoms with Crippen LogP contribution in [0.2, 0.25) is 0 Å². The van der Waals surface area contributed by atoms with Crippen molar-refractivity contribution in [2.45, 2.75) is 23.8 Å². The molecule has 0 spiro atoms. The van der Waals surface area contributed by atoms with Gasteiger partial charge in [-0.25, -0.2) is 13.1 Å². The van der Waals surface area contributed by atoms with Crippen molar-refractivity contribution in [3.8, 4) is 5.75 Å². The highest BCUT2D eigenvalue weighted by atomic mass is 32.2. The first kappa shape index (κ1) is 17.7. The highest BCUT2D eigenvalue weighted by Gasteiger charge is 2.24. The molecule has 1 aromatic rings. The van der Waals surface area contributed by atoms with E-state index < -0.39 is 10.0 Å². The Morgan fingerprint density at radius 3 is 2.74 bits per heavy atom. The van der Waals surface area contributed by atoms with Crippen molar-refractivity contribution in [1.82, 2.24) is 9.62 Å². The Bertz CT molecular complexity index is 666. The van der Waals surface area contributed by atoms with Gasteiger partial charge in [-0.3, -0.25) is 4.79 Å². The molecule has 2 rings (SSSR count). The molecule has 7 nitrogen and oxygen atoms in total. The van der Waals surface area contributed by atoms with Gasteiger partial charge in [0, 0.05) is 32.8 Å². The number of ether oxygens (including phenoxy) is 2. The highest BCUT2D eigenvalue weighted by Crippen LogP contribution is 2.25. The fourth-order valence-electron chi connectivity index (χ4n) is 2.36. The number of benzene rings is 1. The van der Waals surface area contributed by atoms with Gasteiger partial charge in [0.1, 0.15) is 10.6 Å². The van der Waals surface area contributed by atoms with E-state index in [1.54, 1.807) is 20.2 Å². The predicted molar refractivity (Wildman–Crippen MR) is 85.2 cm³/mol. The maximum absolute atomic E-state index is 12.5. The number of sulfonamides is 1. The number of rotatable bonds is 6. The fourth-order valence-corrected chi connectivity index (χ4v) is 3.62. The summed E-state index contributed by atoms with van der Waals surface area (Å²) in [4.78, 5) is 13.4. The van der Waals surface area contributed by atoms with Gasteiger partial charge in [0.2, 0.25) is 10.0 Å². The third-order valence-corrected chi connectivity index (χ3v) is 5.08. The lowest BCUT2D eigenvalue weighted by Gasteiger charge is -2.15. The molecule has 1 N–H and O–H groups in total. The molecule has 0 aromatic heterocycles. The van der Waals surface area contributed by atoms with Crippen molar-refractivity contribution < 1.29 is 22.7 Å². The minimum atomic E-state index is -3.80. The van der Waals surface area contributed by atoms with Crippen LogP contribution in [0.3, 0.4) is 0 Å². The average molecular weight is 342 g/mol. The molecule has 1 fully saturated rings. The van der Waals surface area contributed by atoms with Gasteiger partial charge in [0.15, 0.2) is 0 Å². The highest BCUT2D eigenvalue weighted by molar-refractivity contribution is 7.89. The largest absolute Gasteiger partial charge is 0.495 e. The maximum atomic E-state index is 12.5.